The minimum atomic E-state index is 0. The second-order valence-corrected chi connectivity index (χ2v) is 6.46. The van der Waals surface area contributed by atoms with Gasteiger partial charge in [0.05, 0.1) is 17.6 Å². The van der Waals surface area contributed by atoms with Crippen LogP contribution < -0.4 is 4.74 Å². The first-order chi connectivity index (χ1) is 14.8. The van der Waals surface area contributed by atoms with E-state index in [1.807, 2.05) is 44.6 Å². The smallest absolute Gasteiger partial charge is 0.171 e. The average Bonchev–Trinajstić information content (AvgIpc) is 2.82. The Morgan fingerprint density at radius 1 is 0.871 bits per heavy atom. The number of pyridine rings is 2. The second kappa shape index (κ2) is 19.7. The minimum Gasteiger partial charge on any atom is -0.490 e. The monoisotopic (exact) mass is 619 g/mol. The van der Waals surface area contributed by atoms with Gasteiger partial charge in [-0.3, -0.25) is 4.98 Å². The standard InChI is InChI=1S/C20H23ClN2O.3CH2O.Re/c1-2-3-4-5-6-7-13-24-17-14-16-11-10-15-9-8-12-22-18(15)19(16)23-20(17)21;3*1-2;/h8-12,14H,2-7,13H2,1H3;3*1H2;. The number of nitrogens with zero attached hydrogens (tertiary/aromatic N) is 2. The van der Waals surface area contributed by atoms with Crippen molar-refractivity contribution in [2.24, 2.45) is 0 Å². The van der Waals surface area contributed by atoms with Crippen molar-refractivity contribution in [2.45, 2.75) is 45.4 Å². The van der Waals surface area contributed by atoms with Crippen LogP contribution in [0.25, 0.3) is 21.8 Å². The molecule has 0 aliphatic carbocycles. The summed E-state index contributed by atoms with van der Waals surface area (Å²) in [6.45, 7) is 8.92. The first-order valence-electron chi connectivity index (χ1n) is 9.63. The fourth-order valence-electron chi connectivity index (χ4n) is 2.90. The van der Waals surface area contributed by atoms with Gasteiger partial charge in [-0.1, -0.05) is 68.8 Å². The number of fused-ring (bicyclic) bond motifs is 3. The number of hydrogen-bond donors (Lipinski definition) is 0. The molecule has 2 aromatic heterocycles. The first-order valence-corrected chi connectivity index (χ1v) is 10.0. The predicted molar refractivity (Wildman–Crippen MR) is 122 cm³/mol. The molecule has 0 spiro atoms. The number of ether oxygens (including phenoxy) is 1. The van der Waals surface area contributed by atoms with Crippen molar-refractivity contribution in [1.29, 1.82) is 0 Å². The predicted octanol–water partition coefficient (Wildman–Crippen LogP) is 5.62. The van der Waals surface area contributed by atoms with E-state index in [0.29, 0.717) is 17.5 Å². The van der Waals surface area contributed by atoms with E-state index in [1.54, 1.807) is 6.20 Å². The van der Waals surface area contributed by atoms with Gasteiger partial charge >= 0.3 is 0 Å². The van der Waals surface area contributed by atoms with Gasteiger partial charge in [0, 0.05) is 37.4 Å². The molecule has 0 aliphatic rings. The van der Waals surface area contributed by atoms with Gasteiger partial charge in [-0.05, 0) is 18.6 Å². The van der Waals surface area contributed by atoms with Crippen LogP contribution in [0.15, 0.2) is 36.5 Å². The zero-order chi connectivity index (χ0) is 22.8. The molecule has 3 aromatic rings. The molecule has 31 heavy (non-hydrogen) atoms. The zero-order valence-electron chi connectivity index (χ0n) is 17.8. The van der Waals surface area contributed by atoms with Crippen LogP contribution in [-0.4, -0.2) is 36.9 Å². The maximum absolute atomic E-state index is 8.00. The summed E-state index contributed by atoms with van der Waals surface area (Å²) in [5.41, 5.74) is 1.70. The third kappa shape index (κ3) is 10.1. The maximum atomic E-state index is 8.00. The van der Waals surface area contributed by atoms with Crippen LogP contribution in [-0.2, 0) is 34.8 Å². The molecule has 0 aliphatic heterocycles. The molecule has 1 aromatic carbocycles. The summed E-state index contributed by atoms with van der Waals surface area (Å²) in [4.78, 5) is 33.0. The average molecular weight is 619 g/mol. The van der Waals surface area contributed by atoms with Crippen molar-refractivity contribution in [3.63, 3.8) is 0 Å². The summed E-state index contributed by atoms with van der Waals surface area (Å²) in [6, 6.07) is 10.0. The van der Waals surface area contributed by atoms with Crippen molar-refractivity contribution in [3.8, 4) is 5.75 Å². The van der Waals surface area contributed by atoms with Gasteiger partial charge in [0.1, 0.15) is 20.4 Å². The van der Waals surface area contributed by atoms with Gasteiger partial charge in [-0.15, -0.1) is 0 Å². The Hall–Kier alpha value is -2.20. The Morgan fingerprint density at radius 3 is 2.16 bits per heavy atom. The third-order valence-corrected chi connectivity index (χ3v) is 4.51. The topological polar surface area (TPSA) is 86.2 Å². The molecular formula is C23H29ClN2O4Re. The first kappa shape index (κ1) is 31.0. The van der Waals surface area contributed by atoms with Crippen molar-refractivity contribution < 1.29 is 39.5 Å². The Kier molecular flexibility index (Phi) is 19.7. The molecule has 169 valence electrons. The van der Waals surface area contributed by atoms with Gasteiger partial charge < -0.3 is 19.1 Å². The number of carbonyl (C=O) groups excluding carboxylic acids is 3. The van der Waals surface area contributed by atoms with Crippen LogP contribution in [0.2, 0.25) is 5.15 Å². The van der Waals surface area contributed by atoms with E-state index in [2.05, 4.69) is 23.0 Å². The summed E-state index contributed by atoms with van der Waals surface area (Å²) in [5, 5.41) is 2.48. The Labute approximate surface area is 202 Å². The van der Waals surface area contributed by atoms with Crippen molar-refractivity contribution in [1.82, 2.24) is 9.97 Å². The number of unbranched alkanes of at least 4 members (excludes halogenated alkanes) is 5. The molecule has 0 unspecified atom stereocenters. The third-order valence-electron chi connectivity index (χ3n) is 4.23. The molecule has 2 heterocycles. The van der Waals surface area contributed by atoms with Crippen molar-refractivity contribution in [2.75, 3.05) is 6.61 Å². The van der Waals surface area contributed by atoms with Crippen molar-refractivity contribution >= 4 is 53.8 Å². The molecule has 0 bridgehead atoms. The number of carbonyl (C=O) groups is 3. The molecule has 0 fully saturated rings. The van der Waals surface area contributed by atoms with E-state index < -0.39 is 0 Å². The van der Waals surface area contributed by atoms with Gasteiger partial charge in [0.2, 0.25) is 0 Å². The Balaban J connectivity index is 0. The quantitative estimate of drug-likeness (QED) is 0.185. The van der Waals surface area contributed by atoms with Gasteiger partial charge in [-0.25, -0.2) is 4.98 Å². The zero-order valence-corrected chi connectivity index (χ0v) is 21.3. The molecular weight excluding hydrogens is 590 g/mol. The van der Waals surface area contributed by atoms with E-state index in [4.69, 9.17) is 30.7 Å². The summed E-state index contributed by atoms with van der Waals surface area (Å²) >= 11 is 6.32. The Bertz CT molecular complexity index is 878. The molecule has 6 nitrogen and oxygen atoms in total. The van der Waals surface area contributed by atoms with E-state index in [1.165, 1.54) is 32.1 Å². The molecule has 3 rings (SSSR count). The van der Waals surface area contributed by atoms with E-state index in [9.17, 15) is 0 Å². The molecule has 0 amide bonds. The summed E-state index contributed by atoms with van der Waals surface area (Å²) in [7, 11) is 0. The van der Waals surface area contributed by atoms with Gasteiger partial charge in [-0.2, -0.15) is 0 Å². The van der Waals surface area contributed by atoms with E-state index >= 15 is 0 Å². The summed E-state index contributed by atoms with van der Waals surface area (Å²) < 4.78 is 5.85. The van der Waals surface area contributed by atoms with E-state index in [0.717, 1.165) is 28.2 Å². The van der Waals surface area contributed by atoms with Crippen LogP contribution in [0.1, 0.15) is 45.4 Å². The van der Waals surface area contributed by atoms with E-state index in [-0.39, 0.29) is 20.4 Å². The van der Waals surface area contributed by atoms with Crippen molar-refractivity contribution in [3.05, 3.63) is 41.7 Å². The number of halogens is 1. The largest absolute Gasteiger partial charge is 0.490 e. The maximum Gasteiger partial charge on any atom is 0.171 e. The second-order valence-electron chi connectivity index (χ2n) is 6.11. The minimum absolute atomic E-state index is 0. The SMILES string of the molecule is C=O.C=O.C=O.CCCCCCCCOc1cc2ccc3cccnc3c2nc1Cl.[Re]. The van der Waals surface area contributed by atoms with Crippen LogP contribution >= 0.6 is 11.6 Å². The molecule has 1 radical (unpaired) electrons. The normalized spacial score (nSPS) is 9.10. The van der Waals surface area contributed by atoms with Crippen LogP contribution in [0.4, 0.5) is 0 Å². The Morgan fingerprint density at radius 2 is 1.48 bits per heavy atom. The number of aromatic nitrogens is 2. The summed E-state index contributed by atoms with van der Waals surface area (Å²) in [5.74, 6) is 0.660. The summed E-state index contributed by atoms with van der Waals surface area (Å²) in [6.07, 6.45) is 9.22. The number of rotatable bonds is 8. The molecule has 8 heteroatoms. The molecule has 0 N–H and O–H groups in total. The molecule has 0 atom stereocenters. The fraction of sp³-hybridized carbons (Fsp3) is 0.348. The van der Waals surface area contributed by atoms with Crippen LogP contribution in [0.3, 0.4) is 0 Å². The molecule has 0 saturated carbocycles. The van der Waals surface area contributed by atoms with Gasteiger partial charge in [0.15, 0.2) is 10.9 Å². The molecule has 0 saturated heterocycles. The van der Waals surface area contributed by atoms with Crippen LogP contribution in [0, 0.1) is 0 Å². The number of hydrogen-bond acceptors (Lipinski definition) is 6. The van der Waals surface area contributed by atoms with Gasteiger partial charge in [0.25, 0.3) is 0 Å². The van der Waals surface area contributed by atoms with Crippen LogP contribution in [0.5, 0.6) is 5.75 Å². The fourth-order valence-corrected chi connectivity index (χ4v) is 3.09. The number of benzene rings is 1.